The highest BCUT2D eigenvalue weighted by atomic mass is 16.4. The van der Waals surface area contributed by atoms with E-state index in [1.54, 1.807) is 6.20 Å². The van der Waals surface area contributed by atoms with Crippen molar-refractivity contribution in [3.05, 3.63) is 52.1 Å². The van der Waals surface area contributed by atoms with Gasteiger partial charge in [0.25, 0.3) is 5.56 Å². The second-order valence-electron chi connectivity index (χ2n) is 3.76. The van der Waals surface area contributed by atoms with Gasteiger partial charge in [-0.05, 0) is 6.07 Å². The van der Waals surface area contributed by atoms with Crippen molar-refractivity contribution in [2.75, 3.05) is 0 Å². The SMILES string of the molecule is CCc1cnc(Cn2cc(C(=O)O)ccc2=O)o1. The summed E-state index contributed by atoms with van der Waals surface area (Å²) in [6, 6.07) is 2.49. The number of aromatic carboxylic acids is 1. The minimum absolute atomic E-state index is 0.0527. The van der Waals surface area contributed by atoms with E-state index < -0.39 is 5.97 Å². The van der Waals surface area contributed by atoms with Crippen LogP contribution in [0.1, 0.15) is 28.9 Å². The summed E-state index contributed by atoms with van der Waals surface area (Å²) < 4.78 is 6.63. The van der Waals surface area contributed by atoms with E-state index in [9.17, 15) is 9.59 Å². The zero-order chi connectivity index (χ0) is 13.1. The van der Waals surface area contributed by atoms with E-state index in [4.69, 9.17) is 9.52 Å². The molecule has 0 bridgehead atoms. The molecule has 0 aromatic carbocycles. The second-order valence-corrected chi connectivity index (χ2v) is 3.76. The van der Waals surface area contributed by atoms with Crippen LogP contribution in [0.3, 0.4) is 0 Å². The Balaban J connectivity index is 2.30. The molecule has 0 unspecified atom stereocenters. The first-order valence-electron chi connectivity index (χ1n) is 5.47. The van der Waals surface area contributed by atoms with E-state index >= 15 is 0 Å². The van der Waals surface area contributed by atoms with Crippen LogP contribution in [0.2, 0.25) is 0 Å². The molecule has 18 heavy (non-hydrogen) atoms. The van der Waals surface area contributed by atoms with E-state index in [2.05, 4.69) is 4.98 Å². The highest BCUT2D eigenvalue weighted by Gasteiger charge is 2.08. The molecule has 0 saturated heterocycles. The molecule has 0 aliphatic carbocycles. The number of aromatic nitrogens is 2. The summed E-state index contributed by atoms with van der Waals surface area (Å²) >= 11 is 0. The van der Waals surface area contributed by atoms with Crippen molar-refractivity contribution in [3.8, 4) is 0 Å². The predicted molar refractivity (Wildman–Crippen MR) is 62.6 cm³/mol. The van der Waals surface area contributed by atoms with E-state index in [1.165, 1.54) is 22.9 Å². The number of nitrogens with zero attached hydrogens (tertiary/aromatic N) is 2. The molecule has 0 fully saturated rings. The molecular formula is C12H12N2O4. The lowest BCUT2D eigenvalue weighted by atomic mass is 10.3. The molecule has 0 radical (unpaired) electrons. The lowest BCUT2D eigenvalue weighted by Gasteiger charge is -2.03. The number of carboxylic acid groups (broad SMARTS) is 1. The van der Waals surface area contributed by atoms with Crippen molar-refractivity contribution >= 4 is 5.97 Å². The van der Waals surface area contributed by atoms with Gasteiger partial charge in [-0.15, -0.1) is 0 Å². The molecule has 2 aromatic heterocycles. The first-order chi connectivity index (χ1) is 8.60. The number of oxazole rings is 1. The van der Waals surface area contributed by atoms with Crippen LogP contribution < -0.4 is 5.56 Å². The average molecular weight is 248 g/mol. The van der Waals surface area contributed by atoms with Gasteiger partial charge in [0.1, 0.15) is 12.3 Å². The van der Waals surface area contributed by atoms with Gasteiger partial charge in [-0.25, -0.2) is 9.78 Å². The molecule has 1 N–H and O–H groups in total. The first kappa shape index (κ1) is 12.1. The van der Waals surface area contributed by atoms with Crippen LogP contribution in [-0.2, 0) is 13.0 Å². The van der Waals surface area contributed by atoms with Crippen LogP contribution in [0.25, 0.3) is 0 Å². The number of hydrogen-bond acceptors (Lipinski definition) is 4. The maximum Gasteiger partial charge on any atom is 0.337 e. The van der Waals surface area contributed by atoms with Crippen LogP contribution in [0.15, 0.2) is 33.7 Å². The molecule has 0 aliphatic heterocycles. The quantitative estimate of drug-likeness (QED) is 0.877. The van der Waals surface area contributed by atoms with Crippen LogP contribution in [0.4, 0.5) is 0 Å². The van der Waals surface area contributed by atoms with Gasteiger partial charge in [0, 0.05) is 18.7 Å². The fourth-order valence-corrected chi connectivity index (χ4v) is 1.51. The molecule has 2 heterocycles. The lowest BCUT2D eigenvalue weighted by molar-refractivity contribution is 0.0695. The molecule has 0 spiro atoms. The largest absolute Gasteiger partial charge is 0.478 e. The fraction of sp³-hybridized carbons (Fsp3) is 0.250. The Kier molecular flexibility index (Phi) is 3.27. The van der Waals surface area contributed by atoms with E-state index in [0.29, 0.717) is 5.89 Å². The number of hydrogen-bond donors (Lipinski definition) is 1. The summed E-state index contributed by atoms with van der Waals surface area (Å²) in [7, 11) is 0. The molecule has 2 rings (SSSR count). The Bertz CT molecular complexity index is 627. The molecule has 0 atom stereocenters. The summed E-state index contributed by atoms with van der Waals surface area (Å²) in [5.41, 5.74) is -0.242. The highest BCUT2D eigenvalue weighted by molar-refractivity contribution is 5.87. The monoisotopic (exact) mass is 248 g/mol. The van der Waals surface area contributed by atoms with Crippen molar-refractivity contribution in [2.45, 2.75) is 19.9 Å². The normalized spacial score (nSPS) is 10.5. The topological polar surface area (TPSA) is 85.3 Å². The van der Waals surface area contributed by atoms with Gasteiger partial charge in [0.05, 0.1) is 11.8 Å². The third kappa shape index (κ3) is 2.48. The van der Waals surface area contributed by atoms with E-state index in [1.807, 2.05) is 6.92 Å². The molecule has 0 aliphatic rings. The first-order valence-corrected chi connectivity index (χ1v) is 5.47. The minimum atomic E-state index is -1.08. The third-order valence-electron chi connectivity index (χ3n) is 2.49. The average Bonchev–Trinajstić information content (AvgIpc) is 2.79. The Hall–Kier alpha value is -2.37. The highest BCUT2D eigenvalue weighted by Crippen LogP contribution is 2.06. The zero-order valence-electron chi connectivity index (χ0n) is 9.79. The zero-order valence-corrected chi connectivity index (χ0v) is 9.79. The summed E-state index contributed by atoms with van der Waals surface area (Å²) in [6.45, 7) is 2.06. The third-order valence-corrected chi connectivity index (χ3v) is 2.49. The molecule has 0 saturated carbocycles. The van der Waals surface area contributed by atoms with Crippen molar-refractivity contribution in [2.24, 2.45) is 0 Å². The smallest absolute Gasteiger partial charge is 0.337 e. The van der Waals surface area contributed by atoms with E-state index in [-0.39, 0.29) is 17.7 Å². The molecule has 6 nitrogen and oxygen atoms in total. The van der Waals surface area contributed by atoms with Gasteiger partial charge in [0.2, 0.25) is 5.89 Å². The lowest BCUT2D eigenvalue weighted by Crippen LogP contribution is -2.20. The molecule has 6 heteroatoms. The summed E-state index contributed by atoms with van der Waals surface area (Å²) in [4.78, 5) is 26.4. The molecular weight excluding hydrogens is 236 g/mol. The van der Waals surface area contributed by atoms with Gasteiger partial charge in [0.15, 0.2) is 0 Å². The summed E-state index contributed by atoms with van der Waals surface area (Å²) in [6.07, 6.45) is 3.60. The Labute approximate surface area is 103 Å². The van der Waals surface area contributed by atoms with Crippen LogP contribution in [0, 0.1) is 0 Å². The van der Waals surface area contributed by atoms with Crippen LogP contribution in [0.5, 0.6) is 0 Å². The summed E-state index contributed by atoms with van der Waals surface area (Å²) in [5, 5.41) is 8.85. The number of rotatable bonds is 4. The van der Waals surface area contributed by atoms with Gasteiger partial charge in [-0.2, -0.15) is 0 Å². The maximum atomic E-state index is 11.6. The molecule has 0 amide bonds. The van der Waals surface area contributed by atoms with Crippen molar-refractivity contribution in [3.63, 3.8) is 0 Å². The number of pyridine rings is 1. The molecule has 94 valence electrons. The van der Waals surface area contributed by atoms with Gasteiger partial charge in [-0.3, -0.25) is 4.79 Å². The fourth-order valence-electron chi connectivity index (χ4n) is 1.51. The maximum absolute atomic E-state index is 11.6. The van der Waals surface area contributed by atoms with Crippen LogP contribution >= 0.6 is 0 Å². The Morgan fingerprint density at radius 1 is 1.50 bits per heavy atom. The van der Waals surface area contributed by atoms with E-state index in [0.717, 1.165) is 12.2 Å². The number of carboxylic acids is 1. The van der Waals surface area contributed by atoms with Crippen molar-refractivity contribution in [1.82, 2.24) is 9.55 Å². The standard InChI is InChI=1S/C12H12N2O4/c1-2-9-5-13-10(18-9)7-14-6-8(12(16)17)3-4-11(14)15/h3-6H,2,7H2,1H3,(H,16,17). The second kappa shape index (κ2) is 4.87. The Morgan fingerprint density at radius 3 is 2.89 bits per heavy atom. The van der Waals surface area contributed by atoms with Crippen molar-refractivity contribution < 1.29 is 14.3 Å². The van der Waals surface area contributed by atoms with Crippen molar-refractivity contribution in [1.29, 1.82) is 0 Å². The van der Waals surface area contributed by atoms with Gasteiger partial charge >= 0.3 is 5.97 Å². The molecule has 2 aromatic rings. The predicted octanol–water partition coefficient (Wildman–Crippen LogP) is 1.15. The minimum Gasteiger partial charge on any atom is -0.478 e. The van der Waals surface area contributed by atoms with Crippen LogP contribution in [-0.4, -0.2) is 20.6 Å². The summed E-state index contributed by atoms with van der Waals surface area (Å²) in [5.74, 6) is 0.0364. The number of aryl methyl sites for hydroxylation is 1. The van der Waals surface area contributed by atoms with Gasteiger partial charge in [-0.1, -0.05) is 6.92 Å². The number of carbonyl (C=O) groups is 1. The Morgan fingerprint density at radius 2 is 2.28 bits per heavy atom. The van der Waals surface area contributed by atoms with Gasteiger partial charge < -0.3 is 14.1 Å².